The molecule has 0 aromatic heterocycles. The van der Waals surface area contributed by atoms with E-state index >= 15 is 0 Å². The van der Waals surface area contributed by atoms with Crippen molar-refractivity contribution in [2.24, 2.45) is 34.5 Å². The van der Waals surface area contributed by atoms with Gasteiger partial charge in [-0.05, 0) is 169 Å². The van der Waals surface area contributed by atoms with Gasteiger partial charge in [-0.1, -0.05) is 60.1 Å². The first-order valence-electron chi connectivity index (χ1n) is 18.3. The van der Waals surface area contributed by atoms with Crippen molar-refractivity contribution in [3.05, 3.63) is 94.0 Å². The summed E-state index contributed by atoms with van der Waals surface area (Å²) in [7, 11) is 0. The molecular weight excluding hydrogens is 577 g/mol. The van der Waals surface area contributed by atoms with Gasteiger partial charge in [0.05, 0.1) is 0 Å². The van der Waals surface area contributed by atoms with E-state index in [0.29, 0.717) is 10.8 Å². The van der Waals surface area contributed by atoms with Crippen LogP contribution in [0.1, 0.15) is 110 Å². The van der Waals surface area contributed by atoms with Crippen LogP contribution in [0, 0.1) is 83.9 Å². The predicted octanol–water partition coefficient (Wildman–Crippen LogP) is 10.3. The molecule has 4 unspecified atom stereocenters. The largest absolute Gasteiger partial charge is 0.115 e. The van der Waals surface area contributed by atoms with Crippen molar-refractivity contribution in [1.82, 2.24) is 0 Å². The number of hydrogen-bond acceptors (Lipinski definition) is 0. The molecule has 0 nitrogen and oxygen atoms in total. The molecule has 48 heavy (non-hydrogen) atoms. The standard InChI is InChI=1S/C48H42/c1-5-31-17-37(7-3)43-39(19-31)11-9-13-41(43)45-21-33-15-34(22-45)26-47(25-33,29-45)48-27-35-16-36(28-48)24-46(23-35,30-48)42-14-10-12-40-20-32(6-2)18-38(8-4)44(40)42/h1-4,9-14,17-20,33-36H,15-16,21-30H2. The van der Waals surface area contributed by atoms with Gasteiger partial charge in [-0.2, -0.15) is 0 Å². The average Bonchev–Trinajstić information content (AvgIpc) is 3.08. The number of terminal acetylenes is 4. The van der Waals surface area contributed by atoms with E-state index in [2.05, 4.69) is 84.3 Å². The Morgan fingerprint density at radius 1 is 0.479 bits per heavy atom. The normalized spacial score (nSPS) is 36.8. The fourth-order valence-electron chi connectivity index (χ4n) is 14.5. The van der Waals surface area contributed by atoms with Crippen LogP contribution in [-0.2, 0) is 10.8 Å². The lowest BCUT2D eigenvalue weighted by Gasteiger charge is -2.74. The van der Waals surface area contributed by atoms with Crippen molar-refractivity contribution in [2.75, 3.05) is 0 Å². The minimum absolute atomic E-state index is 0.186. The highest BCUT2D eigenvalue weighted by molar-refractivity contribution is 5.94. The first-order chi connectivity index (χ1) is 23.3. The topological polar surface area (TPSA) is 0 Å². The third-order valence-corrected chi connectivity index (χ3v) is 15.0. The maximum atomic E-state index is 6.23. The summed E-state index contributed by atoms with van der Waals surface area (Å²) < 4.78 is 0. The van der Waals surface area contributed by atoms with Crippen LogP contribution in [0.25, 0.3) is 21.5 Å². The van der Waals surface area contributed by atoms with Gasteiger partial charge >= 0.3 is 0 Å². The van der Waals surface area contributed by atoms with Gasteiger partial charge in [-0.15, -0.1) is 25.7 Å². The number of rotatable bonds is 3. The van der Waals surface area contributed by atoms with E-state index in [-0.39, 0.29) is 10.8 Å². The predicted molar refractivity (Wildman–Crippen MR) is 197 cm³/mol. The molecule has 0 spiro atoms. The Morgan fingerprint density at radius 2 is 0.875 bits per heavy atom. The second kappa shape index (κ2) is 9.63. The Bertz CT molecular complexity index is 2060. The minimum atomic E-state index is 0.186. The molecule has 8 aliphatic rings. The maximum absolute atomic E-state index is 6.23. The fourth-order valence-corrected chi connectivity index (χ4v) is 14.5. The lowest BCUT2D eigenvalue weighted by molar-refractivity contribution is -0.211. The molecule has 0 amide bonds. The summed E-state index contributed by atoms with van der Waals surface area (Å²) in [6.07, 6.45) is 40.6. The van der Waals surface area contributed by atoms with Gasteiger partial charge < -0.3 is 0 Å². The number of fused-ring (bicyclic) bond motifs is 2. The van der Waals surface area contributed by atoms with Crippen molar-refractivity contribution in [3.63, 3.8) is 0 Å². The van der Waals surface area contributed by atoms with Gasteiger partial charge in [0.15, 0.2) is 0 Å². The maximum Gasteiger partial charge on any atom is 0.0336 e. The Morgan fingerprint density at radius 3 is 1.23 bits per heavy atom. The molecule has 8 aliphatic carbocycles. The highest BCUT2D eigenvalue weighted by Gasteiger charge is 2.70. The van der Waals surface area contributed by atoms with Crippen molar-refractivity contribution in [3.8, 4) is 49.4 Å². The van der Waals surface area contributed by atoms with Crippen molar-refractivity contribution in [1.29, 1.82) is 0 Å². The van der Waals surface area contributed by atoms with Crippen LogP contribution in [0.15, 0.2) is 60.7 Å². The van der Waals surface area contributed by atoms with E-state index in [1.165, 1.54) is 110 Å². The van der Waals surface area contributed by atoms with Crippen LogP contribution < -0.4 is 0 Å². The second-order valence-electron chi connectivity index (χ2n) is 17.5. The summed E-state index contributed by atoms with van der Waals surface area (Å²) in [5.74, 6) is 15.1. The Hall–Kier alpha value is -4.36. The average molecular weight is 619 g/mol. The van der Waals surface area contributed by atoms with Gasteiger partial charge in [0.2, 0.25) is 0 Å². The zero-order chi connectivity index (χ0) is 32.5. The zero-order valence-corrected chi connectivity index (χ0v) is 27.9. The minimum Gasteiger partial charge on any atom is -0.115 e. The van der Waals surface area contributed by atoms with E-state index in [1.54, 1.807) is 0 Å². The monoisotopic (exact) mass is 618 g/mol. The van der Waals surface area contributed by atoms with Crippen molar-refractivity contribution in [2.45, 2.75) is 87.9 Å². The lowest BCUT2D eigenvalue weighted by atomic mass is 9.30. The molecule has 4 aromatic rings. The summed E-state index contributed by atoms with van der Waals surface area (Å²) in [4.78, 5) is 0. The number of benzene rings is 4. The van der Waals surface area contributed by atoms with Crippen LogP contribution in [0.4, 0.5) is 0 Å². The fraction of sp³-hybridized carbons (Fsp3) is 0.417. The van der Waals surface area contributed by atoms with Crippen molar-refractivity contribution < 1.29 is 0 Å². The van der Waals surface area contributed by atoms with Crippen LogP contribution in [-0.4, -0.2) is 0 Å². The highest BCUT2D eigenvalue weighted by atomic mass is 14.7. The summed E-state index contributed by atoms with van der Waals surface area (Å²) in [5.41, 5.74) is 7.89. The van der Waals surface area contributed by atoms with Crippen LogP contribution in [0.3, 0.4) is 0 Å². The van der Waals surface area contributed by atoms with E-state index < -0.39 is 0 Å². The van der Waals surface area contributed by atoms with Gasteiger partial charge in [0.25, 0.3) is 0 Å². The molecule has 8 saturated carbocycles. The molecular formula is C48H42. The van der Waals surface area contributed by atoms with Gasteiger partial charge in [0, 0.05) is 33.0 Å². The molecule has 0 radical (unpaired) electrons. The summed E-state index contributed by atoms with van der Waals surface area (Å²) in [6.45, 7) is 0. The second-order valence-corrected chi connectivity index (χ2v) is 17.5. The highest BCUT2D eigenvalue weighted by Crippen LogP contribution is 2.79. The summed E-state index contributed by atoms with van der Waals surface area (Å²) in [5, 5.41) is 5.01. The van der Waals surface area contributed by atoms with Crippen LogP contribution >= 0.6 is 0 Å². The molecule has 4 aromatic carbocycles. The van der Waals surface area contributed by atoms with Crippen molar-refractivity contribution >= 4 is 21.5 Å². The van der Waals surface area contributed by atoms with Gasteiger partial charge in [-0.25, -0.2) is 0 Å². The van der Waals surface area contributed by atoms with E-state index in [0.717, 1.165) is 45.9 Å². The van der Waals surface area contributed by atoms with E-state index in [4.69, 9.17) is 25.7 Å². The molecule has 0 aliphatic heterocycles. The van der Waals surface area contributed by atoms with Crippen LogP contribution in [0.2, 0.25) is 0 Å². The van der Waals surface area contributed by atoms with Gasteiger partial charge in [-0.3, -0.25) is 0 Å². The Balaban J connectivity index is 1.13. The molecule has 0 N–H and O–H groups in total. The smallest absolute Gasteiger partial charge is 0.0336 e. The molecule has 0 heteroatoms. The quantitative estimate of drug-likeness (QED) is 0.201. The molecule has 8 bridgehead atoms. The molecule has 4 atom stereocenters. The third-order valence-electron chi connectivity index (χ3n) is 15.0. The SMILES string of the molecule is C#Cc1cc(C#C)c2c(C34CC5CC(C3)CC(C36CC7CC(CC(c8cccc9cc(C#C)cc(C#C)c89)(C7)C3)C6)(C5)C4)cccc2c1. The van der Waals surface area contributed by atoms with Gasteiger partial charge in [0.1, 0.15) is 0 Å². The van der Waals surface area contributed by atoms with E-state index in [1.807, 2.05) is 0 Å². The molecule has 8 fully saturated rings. The first-order valence-corrected chi connectivity index (χ1v) is 18.3. The van der Waals surface area contributed by atoms with Crippen LogP contribution in [0.5, 0.6) is 0 Å². The Kier molecular flexibility index (Phi) is 5.74. The molecule has 12 rings (SSSR count). The third kappa shape index (κ3) is 3.68. The summed E-state index contributed by atoms with van der Waals surface area (Å²) in [6, 6.07) is 22.4. The summed E-state index contributed by atoms with van der Waals surface area (Å²) >= 11 is 0. The molecule has 234 valence electrons. The zero-order valence-electron chi connectivity index (χ0n) is 27.9. The Labute approximate surface area is 286 Å². The lowest BCUT2D eigenvalue weighted by Crippen LogP contribution is -2.66. The molecule has 0 heterocycles. The first kappa shape index (κ1) is 28.6. The number of hydrogen-bond donors (Lipinski definition) is 0. The van der Waals surface area contributed by atoms with E-state index in [9.17, 15) is 0 Å². The molecule has 0 saturated heterocycles.